The Kier molecular flexibility index (Phi) is 5.79. The van der Waals surface area contributed by atoms with Crippen LogP contribution in [0.15, 0.2) is 46.7 Å². The number of aromatic nitrogens is 1. The summed E-state index contributed by atoms with van der Waals surface area (Å²) >= 11 is 3.02. The largest absolute Gasteiger partial charge is 0.301 e. The summed E-state index contributed by atoms with van der Waals surface area (Å²) in [7, 11) is 0. The minimum absolute atomic E-state index is 0.0310. The highest BCUT2D eigenvalue weighted by Gasteiger charge is 2.12. The zero-order chi connectivity index (χ0) is 18.7. The lowest BCUT2D eigenvalue weighted by Gasteiger charge is -2.08. The predicted molar refractivity (Wildman–Crippen MR) is 112 cm³/mol. The van der Waals surface area contributed by atoms with Crippen molar-refractivity contribution in [2.75, 3.05) is 11.1 Å². The summed E-state index contributed by atoms with van der Waals surface area (Å²) in [6.07, 6.45) is 0. The maximum Gasteiger partial charge on any atom is 0.236 e. The molecule has 134 valence electrons. The van der Waals surface area contributed by atoms with Crippen LogP contribution < -0.4 is 5.32 Å². The molecule has 1 heterocycles. The number of rotatable bonds is 5. The average Bonchev–Trinajstić information content (AvgIpc) is 3.01. The number of hydrogen-bond donors (Lipinski definition) is 1. The summed E-state index contributed by atoms with van der Waals surface area (Å²) in [5, 5.41) is 5.58. The van der Waals surface area contributed by atoms with E-state index in [0.29, 0.717) is 10.9 Å². The van der Waals surface area contributed by atoms with Crippen LogP contribution in [0.25, 0.3) is 11.3 Å². The molecule has 0 spiro atoms. The number of nitrogens with one attached hydrogen (secondary N) is 1. The highest BCUT2D eigenvalue weighted by atomic mass is 32.2. The monoisotopic (exact) mass is 382 g/mol. The van der Waals surface area contributed by atoms with Gasteiger partial charge in [-0.05, 0) is 50.5 Å². The quantitative estimate of drug-likeness (QED) is 0.569. The van der Waals surface area contributed by atoms with Gasteiger partial charge in [0.05, 0.1) is 11.4 Å². The van der Waals surface area contributed by atoms with Crippen LogP contribution in [-0.2, 0) is 4.79 Å². The number of carbonyl (C=O) groups excluding carboxylic acids is 1. The molecule has 0 fully saturated rings. The number of nitrogens with zero attached hydrogens (tertiary/aromatic N) is 1. The van der Waals surface area contributed by atoms with Gasteiger partial charge >= 0.3 is 0 Å². The third kappa shape index (κ3) is 4.34. The summed E-state index contributed by atoms with van der Waals surface area (Å²) in [6.45, 7) is 8.36. The van der Waals surface area contributed by atoms with E-state index in [1.165, 1.54) is 33.6 Å². The minimum atomic E-state index is -0.0310. The first-order valence-corrected chi connectivity index (χ1v) is 10.3. The zero-order valence-corrected chi connectivity index (χ0v) is 17.1. The second-order valence-electron chi connectivity index (χ2n) is 6.41. The molecule has 2 aromatic carbocycles. The molecule has 0 aliphatic rings. The van der Waals surface area contributed by atoms with Gasteiger partial charge in [0, 0.05) is 15.8 Å². The van der Waals surface area contributed by atoms with Gasteiger partial charge in [0.25, 0.3) is 0 Å². The Balaban J connectivity index is 1.67. The molecule has 0 atom stereocenters. The van der Waals surface area contributed by atoms with Crippen molar-refractivity contribution in [1.29, 1.82) is 0 Å². The lowest BCUT2D eigenvalue weighted by atomic mass is 9.98. The van der Waals surface area contributed by atoms with Gasteiger partial charge in [-0.1, -0.05) is 35.9 Å². The third-order valence-electron chi connectivity index (χ3n) is 4.14. The van der Waals surface area contributed by atoms with Crippen LogP contribution in [0.5, 0.6) is 0 Å². The number of benzene rings is 2. The Morgan fingerprint density at radius 1 is 1.08 bits per heavy atom. The number of anilines is 1. The number of amides is 1. The van der Waals surface area contributed by atoms with Crippen molar-refractivity contribution in [1.82, 2.24) is 4.98 Å². The highest BCUT2D eigenvalue weighted by molar-refractivity contribution is 8.00. The van der Waals surface area contributed by atoms with Crippen LogP contribution in [0.2, 0.25) is 0 Å². The van der Waals surface area contributed by atoms with E-state index in [1.54, 1.807) is 11.8 Å². The first-order valence-electron chi connectivity index (χ1n) is 8.46. The number of thioether (sulfide) groups is 1. The molecule has 0 bridgehead atoms. The minimum Gasteiger partial charge on any atom is -0.301 e. The van der Waals surface area contributed by atoms with Gasteiger partial charge in [-0.3, -0.25) is 4.79 Å². The summed E-state index contributed by atoms with van der Waals surface area (Å²) in [5.74, 6) is 0.346. The molecule has 3 aromatic rings. The maximum absolute atomic E-state index is 12.3. The normalized spacial score (nSPS) is 10.8. The molecule has 1 amide bonds. The Bertz CT molecular complexity index is 924. The summed E-state index contributed by atoms with van der Waals surface area (Å²) in [6, 6.07) is 12.4. The van der Waals surface area contributed by atoms with Crippen molar-refractivity contribution < 1.29 is 4.79 Å². The number of aryl methyl sites for hydroxylation is 4. The van der Waals surface area contributed by atoms with Gasteiger partial charge in [0.1, 0.15) is 0 Å². The van der Waals surface area contributed by atoms with Crippen LogP contribution in [-0.4, -0.2) is 16.6 Å². The Hall–Kier alpha value is -2.11. The van der Waals surface area contributed by atoms with Crippen LogP contribution in [0, 0.1) is 27.7 Å². The van der Waals surface area contributed by atoms with Gasteiger partial charge in [-0.15, -0.1) is 23.1 Å². The molecule has 0 radical (unpaired) electrons. The zero-order valence-electron chi connectivity index (χ0n) is 15.4. The number of carbonyl (C=O) groups is 1. The molecule has 26 heavy (non-hydrogen) atoms. The van der Waals surface area contributed by atoms with Gasteiger partial charge in [0.2, 0.25) is 5.91 Å². The van der Waals surface area contributed by atoms with E-state index < -0.39 is 0 Å². The third-order valence-corrected chi connectivity index (χ3v) is 6.07. The van der Waals surface area contributed by atoms with E-state index in [9.17, 15) is 4.79 Å². The summed E-state index contributed by atoms with van der Waals surface area (Å²) in [4.78, 5) is 18.0. The van der Waals surface area contributed by atoms with Crippen molar-refractivity contribution in [3.05, 3.63) is 64.0 Å². The highest BCUT2D eigenvalue weighted by Crippen LogP contribution is 2.31. The van der Waals surface area contributed by atoms with Crippen molar-refractivity contribution >= 4 is 34.1 Å². The van der Waals surface area contributed by atoms with Crippen LogP contribution in [0.3, 0.4) is 0 Å². The predicted octanol–water partition coefficient (Wildman–Crippen LogP) is 5.77. The second kappa shape index (κ2) is 8.06. The van der Waals surface area contributed by atoms with E-state index in [1.807, 2.05) is 23.6 Å². The first-order chi connectivity index (χ1) is 12.4. The molecule has 5 heteroatoms. The van der Waals surface area contributed by atoms with Gasteiger partial charge in [-0.2, -0.15) is 0 Å². The Labute approximate surface area is 162 Å². The van der Waals surface area contributed by atoms with Crippen molar-refractivity contribution in [2.45, 2.75) is 32.6 Å². The average molecular weight is 383 g/mol. The topological polar surface area (TPSA) is 42.0 Å². The SMILES string of the molecule is Cc1cc(C)c(-c2csc(NC(=O)CSc3ccccc3C)n2)c(C)c1. The van der Waals surface area contributed by atoms with Gasteiger partial charge in [-0.25, -0.2) is 4.98 Å². The molecular weight excluding hydrogens is 360 g/mol. The fourth-order valence-electron chi connectivity index (χ4n) is 3.05. The van der Waals surface area contributed by atoms with E-state index >= 15 is 0 Å². The second-order valence-corrected chi connectivity index (χ2v) is 8.29. The van der Waals surface area contributed by atoms with Crippen LogP contribution >= 0.6 is 23.1 Å². The fourth-order valence-corrected chi connectivity index (χ4v) is 4.59. The molecule has 3 nitrogen and oxygen atoms in total. The van der Waals surface area contributed by atoms with E-state index in [-0.39, 0.29) is 5.91 Å². The first kappa shape index (κ1) is 18.7. The Morgan fingerprint density at radius 2 is 1.77 bits per heavy atom. The lowest BCUT2D eigenvalue weighted by molar-refractivity contribution is -0.113. The number of hydrogen-bond acceptors (Lipinski definition) is 4. The lowest BCUT2D eigenvalue weighted by Crippen LogP contribution is -2.13. The molecule has 3 rings (SSSR count). The Morgan fingerprint density at radius 3 is 2.46 bits per heavy atom. The molecule has 1 aromatic heterocycles. The molecule has 0 saturated carbocycles. The molecule has 0 aliphatic carbocycles. The van der Waals surface area contributed by atoms with E-state index in [0.717, 1.165) is 16.2 Å². The summed E-state index contributed by atoms with van der Waals surface area (Å²) < 4.78 is 0. The summed E-state index contributed by atoms with van der Waals surface area (Å²) in [5.41, 5.74) is 6.93. The van der Waals surface area contributed by atoms with Crippen LogP contribution in [0.4, 0.5) is 5.13 Å². The van der Waals surface area contributed by atoms with Gasteiger partial charge < -0.3 is 5.32 Å². The number of thiazole rings is 1. The molecule has 1 N–H and O–H groups in total. The molecule has 0 unspecified atom stereocenters. The fraction of sp³-hybridized carbons (Fsp3) is 0.238. The molecular formula is C21H22N2OS2. The van der Waals surface area contributed by atoms with E-state index in [2.05, 4.69) is 56.2 Å². The van der Waals surface area contributed by atoms with Crippen molar-refractivity contribution in [2.24, 2.45) is 0 Å². The van der Waals surface area contributed by atoms with E-state index in [4.69, 9.17) is 0 Å². The van der Waals surface area contributed by atoms with Crippen LogP contribution in [0.1, 0.15) is 22.3 Å². The molecule has 0 saturated heterocycles. The molecule has 0 aliphatic heterocycles. The van der Waals surface area contributed by atoms with Gasteiger partial charge in [0.15, 0.2) is 5.13 Å². The maximum atomic E-state index is 12.3. The van der Waals surface area contributed by atoms with Crippen molar-refractivity contribution in [3.8, 4) is 11.3 Å². The standard InChI is InChI=1S/C21H22N2OS2/c1-13-9-15(3)20(16(4)10-13)17-11-26-21(22-17)23-19(24)12-25-18-8-6-5-7-14(18)2/h5-11H,12H2,1-4H3,(H,22,23,24). The van der Waals surface area contributed by atoms with Crippen molar-refractivity contribution in [3.63, 3.8) is 0 Å². The smallest absolute Gasteiger partial charge is 0.236 e.